The Bertz CT molecular complexity index is 494. The van der Waals surface area contributed by atoms with Gasteiger partial charge in [0.15, 0.2) is 6.29 Å². The first-order valence-electron chi connectivity index (χ1n) is 4.82. The summed E-state index contributed by atoms with van der Waals surface area (Å²) in [6, 6.07) is 9.20. The van der Waals surface area contributed by atoms with Crippen LogP contribution < -0.4 is 4.74 Å². The van der Waals surface area contributed by atoms with Crippen molar-refractivity contribution in [2.75, 3.05) is 6.61 Å². The van der Waals surface area contributed by atoms with Gasteiger partial charge >= 0.3 is 0 Å². The van der Waals surface area contributed by atoms with Crippen LogP contribution in [0.2, 0.25) is 0 Å². The van der Waals surface area contributed by atoms with E-state index < -0.39 is 0 Å². The van der Waals surface area contributed by atoms with E-state index in [-0.39, 0.29) is 0 Å². The van der Waals surface area contributed by atoms with Crippen molar-refractivity contribution in [2.45, 2.75) is 6.92 Å². The number of ether oxygens (including phenoxy) is 1. The van der Waals surface area contributed by atoms with Crippen LogP contribution in [0.25, 0.3) is 10.9 Å². The fraction of sp³-hybridized carbons (Fsp3) is 0.167. The summed E-state index contributed by atoms with van der Waals surface area (Å²) in [5, 5.41) is 0.978. The van der Waals surface area contributed by atoms with Gasteiger partial charge in [0.1, 0.15) is 11.4 Å². The molecular formula is C12H11NO2. The number of hydrogen-bond acceptors (Lipinski definition) is 3. The van der Waals surface area contributed by atoms with E-state index in [0.29, 0.717) is 12.3 Å². The number of pyridine rings is 1. The third-order valence-electron chi connectivity index (χ3n) is 2.11. The lowest BCUT2D eigenvalue weighted by atomic mass is 10.2. The van der Waals surface area contributed by atoms with Crippen molar-refractivity contribution in [3.05, 3.63) is 36.0 Å². The lowest BCUT2D eigenvalue weighted by Gasteiger charge is -2.04. The molecule has 0 N–H and O–H groups in total. The standard InChI is InChI=1S/C12H11NO2/c1-2-15-11-5-6-12-9(7-11)3-4-10(8-14)13-12/h3-8H,2H2,1H3. The van der Waals surface area contributed by atoms with E-state index >= 15 is 0 Å². The molecule has 0 fully saturated rings. The van der Waals surface area contributed by atoms with Gasteiger partial charge in [-0.2, -0.15) is 0 Å². The van der Waals surface area contributed by atoms with Crippen molar-refractivity contribution >= 4 is 17.2 Å². The molecule has 76 valence electrons. The minimum Gasteiger partial charge on any atom is -0.494 e. The topological polar surface area (TPSA) is 39.2 Å². The van der Waals surface area contributed by atoms with E-state index in [1.807, 2.05) is 31.2 Å². The molecule has 0 unspecified atom stereocenters. The van der Waals surface area contributed by atoms with E-state index in [9.17, 15) is 4.79 Å². The van der Waals surface area contributed by atoms with Gasteiger partial charge in [0.2, 0.25) is 0 Å². The molecule has 0 bridgehead atoms. The number of nitrogens with zero attached hydrogens (tertiary/aromatic N) is 1. The smallest absolute Gasteiger partial charge is 0.168 e. The van der Waals surface area contributed by atoms with E-state index in [4.69, 9.17) is 4.74 Å². The van der Waals surface area contributed by atoms with Gasteiger partial charge in [-0.1, -0.05) is 6.07 Å². The second-order valence-electron chi connectivity index (χ2n) is 3.14. The van der Waals surface area contributed by atoms with E-state index in [0.717, 1.165) is 22.9 Å². The van der Waals surface area contributed by atoms with Gasteiger partial charge in [0.25, 0.3) is 0 Å². The second-order valence-corrected chi connectivity index (χ2v) is 3.14. The molecule has 0 aliphatic heterocycles. The Kier molecular flexibility index (Phi) is 2.63. The molecule has 1 aromatic carbocycles. The van der Waals surface area contributed by atoms with Crippen LogP contribution in [0.1, 0.15) is 17.4 Å². The summed E-state index contributed by atoms with van der Waals surface area (Å²) in [6.07, 6.45) is 0.746. The Hall–Kier alpha value is -1.90. The van der Waals surface area contributed by atoms with E-state index in [2.05, 4.69) is 4.98 Å². The number of rotatable bonds is 3. The molecular weight excluding hydrogens is 190 g/mol. The molecule has 0 amide bonds. The summed E-state index contributed by atoms with van der Waals surface area (Å²) in [4.78, 5) is 14.7. The maximum Gasteiger partial charge on any atom is 0.168 e. The summed E-state index contributed by atoms with van der Waals surface area (Å²) in [7, 11) is 0. The van der Waals surface area contributed by atoms with Crippen molar-refractivity contribution in [3.63, 3.8) is 0 Å². The molecule has 3 nitrogen and oxygen atoms in total. The first-order valence-corrected chi connectivity index (χ1v) is 4.82. The van der Waals surface area contributed by atoms with Crippen molar-refractivity contribution in [1.82, 2.24) is 4.98 Å². The van der Waals surface area contributed by atoms with Crippen molar-refractivity contribution in [2.24, 2.45) is 0 Å². The van der Waals surface area contributed by atoms with Crippen LogP contribution in [0, 0.1) is 0 Å². The third-order valence-corrected chi connectivity index (χ3v) is 2.11. The van der Waals surface area contributed by atoms with Crippen molar-refractivity contribution < 1.29 is 9.53 Å². The van der Waals surface area contributed by atoms with E-state index in [1.165, 1.54) is 0 Å². The average Bonchev–Trinajstić information content (AvgIpc) is 2.29. The van der Waals surface area contributed by atoms with Crippen LogP contribution in [0.15, 0.2) is 30.3 Å². The van der Waals surface area contributed by atoms with Crippen LogP contribution in [0.5, 0.6) is 5.75 Å². The number of carbonyl (C=O) groups is 1. The van der Waals surface area contributed by atoms with Crippen molar-refractivity contribution in [1.29, 1.82) is 0 Å². The van der Waals surface area contributed by atoms with Crippen molar-refractivity contribution in [3.8, 4) is 5.75 Å². The lowest BCUT2D eigenvalue weighted by molar-refractivity contribution is 0.111. The Morgan fingerprint density at radius 1 is 1.33 bits per heavy atom. The van der Waals surface area contributed by atoms with Crippen LogP contribution in [-0.4, -0.2) is 17.9 Å². The van der Waals surface area contributed by atoms with Gasteiger partial charge in [0.05, 0.1) is 12.1 Å². The first kappa shape index (κ1) is 9.65. The van der Waals surface area contributed by atoms with Crippen LogP contribution in [-0.2, 0) is 0 Å². The highest BCUT2D eigenvalue weighted by molar-refractivity contribution is 5.84. The quantitative estimate of drug-likeness (QED) is 0.716. The normalized spacial score (nSPS) is 10.2. The number of aldehydes is 1. The molecule has 0 radical (unpaired) electrons. The average molecular weight is 201 g/mol. The van der Waals surface area contributed by atoms with Gasteiger partial charge in [-0.05, 0) is 31.2 Å². The molecule has 0 aliphatic carbocycles. The highest BCUT2D eigenvalue weighted by Gasteiger charge is 1.99. The highest BCUT2D eigenvalue weighted by Crippen LogP contribution is 2.19. The summed E-state index contributed by atoms with van der Waals surface area (Å²) in [5.74, 6) is 0.825. The molecule has 0 aliphatic rings. The lowest BCUT2D eigenvalue weighted by Crippen LogP contribution is -1.92. The molecule has 3 heteroatoms. The molecule has 2 rings (SSSR count). The fourth-order valence-corrected chi connectivity index (χ4v) is 1.44. The predicted molar refractivity (Wildman–Crippen MR) is 58.3 cm³/mol. The Balaban J connectivity index is 2.49. The first-order chi connectivity index (χ1) is 7.33. The zero-order chi connectivity index (χ0) is 10.7. The van der Waals surface area contributed by atoms with Crippen LogP contribution >= 0.6 is 0 Å². The summed E-state index contributed by atoms with van der Waals surface area (Å²) in [5.41, 5.74) is 1.26. The minimum atomic E-state index is 0.451. The number of aromatic nitrogens is 1. The van der Waals surface area contributed by atoms with Crippen LogP contribution in [0.3, 0.4) is 0 Å². The molecule has 0 saturated heterocycles. The van der Waals surface area contributed by atoms with Gasteiger partial charge in [0, 0.05) is 5.39 Å². The summed E-state index contributed by atoms with van der Waals surface area (Å²) < 4.78 is 5.37. The Labute approximate surface area is 87.7 Å². The van der Waals surface area contributed by atoms with Gasteiger partial charge < -0.3 is 4.74 Å². The largest absolute Gasteiger partial charge is 0.494 e. The monoisotopic (exact) mass is 201 g/mol. The number of hydrogen-bond donors (Lipinski definition) is 0. The number of carbonyl (C=O) groups excluding carboxylic acids is 1. The highest BCUT2D eigenvalue weighted by atomic mass is 16.5. The molecule has 2 aromatic rings. The number of benzene rings is 1. The third kappa shape index (κ3) is 1.96. The zero-order valence-electron chi connectivity index (χ0n) is 8.43. The maximum absolute atomic E-state index is 10.5. The fourth-order valence-electron chi connectivity index (χ4n) is 1.44. The SMILES string of the molecule is CCOc1ccc2nc(C=O)ccc2c1. The van der Waals surface area contributed by atoms with E-state index in [1.54, 1.807) is 6.07 Å². The second kappa shape index (κ2) is 4.09. The summed E-state index contributed by atoms with van der Waals surface area (Å²) >= 11 is 0. The minimum absolute atomic E-state index is 0.451. The molecule has 1 aromatic heterocycles. The number of fused-ring (bicyclic) bond motifs is 1. The summed E-state index contributed by atoms with van der Waals surface area (Å²) in [6.45, 7) is 2.59. The zero-order valence-corrected chi connectivity index (χ0v) is 8.43. The molecule has 1 heterocycles. The molecule has 0 saturated carbocycles. The van der Waals surface area contributed by atoms with Crippen LogP contribution in [0.4, 0.5) is 0 Å². The van der Waals surface area contributed by atoms with Gasteiger partial charge in [-0.15, -0.1) is 0 Å². The van der Waals surface area contributed by atoms with Gasteiger partial charge in [-0.3, -0.25) is 4.79 Å². The molecule has 0 spiro atoms. The Morgan fingerprint density at radius 3 is 2.93 bits per heavy atom. The van der Waals surface area contributed by atoms with Gasteiger partial charge in [-0.25, -0.2) is 4.98 Å². The predicted octanol–water partition coefficient (Wildman–Crippen LogP) is 2.45. The molecule has 0 atom stereocenters. The Morgan fingerprint density at radius 2 is 2.20 bits per heavy atom. The maximum atomic E-state index is 10.5. The molecule has 15 heavy (non-hydrogen) atoms.